The van der Waals surface area contributed by atoms with E-state index in [1.165, 1.54) is 5.56 Å². The van der Waals surface area contributed by atoms with Gasteiger partial charge in [0, 0.05) is 60.2 Å². The molecule has 0 unspecified atom stereocenters. The Balaban J connectivity index is 0.00000240. The minimum atomic E-state index is -0.0687. The summed E-state index contributed by atoms with van der Waals surface area (Å²) in [5.74, 6) is 0.133. The normalized spacial score (nSPS) is 23.5. The summed E-state index contributed by atoms with van der Waals surface area (Å²) in [5.41, 5.74) is 2.07. The monoisotopic (exact) mass is 437 g/mol. The molecule has 2 aliphatic rings. The Kier molecular flexibility index (Phi) is 6.58. The zero-order valence-electron chi connectivity index (χ0n) is 17.1. The van der Waals surface area contributed by atoms with Crippen LogP contribution in [0.2, 0.25) is 5.02 Å². The van der Waals surface area contributed by atoms with Crippen molar-refractivity contribution in [1.82, 2.24) is 20.0 Å². The fourth-order valence-electron chi connectivity index (χ4n) is 4.38. The summed E-state index contributed by atoms with van der Waals surface area (Å²) in [6.45, 7) is 10.1. The van der Waals surface area contributed by atoms with Crippen LogP contribution in [0.25, 0.3) is 0 Å². The van der Waals surface area contributed by atoms with Crippen LogP contribution in [0.15, 0.2) is 36.7 Å². The van der Waals surface area contributed by atoms with Crippen LogP contribution in [-0.2, 0) is 16.8 Å². The number of hydrogen-bond donors (Lipinski definition) is 1. The summed E-state index contributed by atoms with van der Waals surface area (Å²) >= 11 is 6.23. The van der Waals surface area contributed by atoms with E-state index in [2.05, 4.69) is 42.2 Å². The van der Waals surface area contributed by atoms with E-state index in [9.17, 15) is 4.79 Å². The molecule has 2 aliphatic heterocycles. The first-order chi connectivity index (χ1) is 13.3. The first-order valence-corrected chi connectivity index (χ1v) is 10.3. The van der Waals surface area contributed by atoms with E-state index in [1.807, 2.05) is 34.0 Å². The van der Waals surface area contributed by atoms with Crippen LogP contribution in [0.4, 0.5) is 5.69 Å². The average Bonchev–Trinajstić information content (AvgIpc) is 3.23. The number of aromatic nitrogens is 2. The predicted molar refractivity (Wildman–Crippen MR) is 119 cm³/mol. The minimum absolute atomic E-state index is 0. The van der Waals surface area contributed by atoms with Gasteiger partial charge in [0.05, 0.1) is 13.1 Å². The minimum Gasteiger partial charge on any atom is -0.311 e. The number of carbonyl (C=O) groups is 1. The zero-order chi connectivity index (χ0) is 19.9. The molecule has 2 aromatic rings. The van der Waals surface area contributed by atoms with E-state index >= 15 is 0 Å². The number of fused-ring (bicyclic) bond motifs is 1. The molecule has 1 N–H and O–H groups in total. The van der Waals surface area contributed by atoms with Gasteiger partial charge in [-0.3, -0.25) is 14.4 Å². The lowest BCUT2D eigenvalue weighted by Crippen LogP contribution is -2.59. The second-order valence-corrected chi connectivity index (χ2v) is 9.08. The van der Waals surface area contributed by atoms with Gasteiger partial charge in [-0.05, 0) is 30.7 Å². The molecule has 0 bridgehead atoms. The Morgan fingerprint density at radius 1 is 1.38 bits per heavy atom. The van der Waals surface area contributed by atoms with Crippen LogP contribution in [0.1, 0.15) is 26.3 Å². The second kappa shape index (κ2) is 8.64. The van der Waals surface area contributed by atoms with Crippen molar-refractivity contribution in [3.05, 3.63) is 47.2 Å². The van der Waals surface area contributed by atoms with Crippen LogP contribution >= 0.6 is 24.0 Å². The summed E-state index contributed by atoms with van der Waals surface area (Å²) in [5, 5.41) is 8.53. The Labute approximate surface area is 183 Å². The van der Waals surface area contributed by atoms with E-state index in [-0.39, 0.29) is 29.8 Å². The number of nitrogens with one attached hydrogen (secondary N) is 1. The first-order valence-electron chi connectivity index (χ1n) is 9.89. The van der Waals surface area contributed by atoms with Crippen molar-refractivity contribution >= 4 is 35.6 Å². The molecule has 0 aliphatic carbocycles. The number of halogens is 2. The molecule has 6 nitrogen and oxygen atoms in total. The molecule has 0 radical (unpaired) electrons. The van der Waals surface area contributed by atoms with E-state index < -0.39 is 0 Å². The summed E-state index contributed by atoms with van der Waals surface area (Å²) < 4.78 is 1.94. The maximum Gasteiger partial charge on any atom is 0.241 e. The highest BCUT2D eigenvalue weighted by Crippen LogP contribution is 2.41. The molecule has 0 saturated carbocycles. The molecule has 8 heteroatoms. The topological polar surface area (TPSA) is 53.4 Å². The van der Waals surface area contributed by atoms with Gasteiger partial charge in [-0.15, -0.1) is 12.4 Å². The van der Waals surface area contributed by atoms with Gasteiger partial charge < -0.3 is 10.2 Å². The van der Waals surface area contributed by atoms with Crippen LogP contribution in [0, 0.1) is 0 Å². The molecular weight excluding hydrogens is 409 g/mol. The zero-order valence-corrected chi connectivity index (χ0v) is 18.7. The molecule has 29 heavy (non-hydrogen) atoms. The Hall–Kier alpha value is -1.60. The number of amides is 1. The van der Waals surface area contributed by atoms with Gasteiger partial charge in [0.2, 0.25) is 5.91 Å². The Morgan fingerprint density at radius 2 is 2.17 bits per heavy atom. The lowest BCUT2D eigenvalue weighted by Gasteiger charge is -2.39. The van der Waals surface area contributed by atoms with Crippen molar-refractivity contribution in [1.29, 1.82) is 0 Å². The van der Waals surface area contributed by atoms with Crippen molar-refractivity contribution in [2.45, 2.75) is 44.8 Å². The molecule has 4 rings (SSSR count). The maximum absolute atomic E-state index is 13.3. The third-order valence-electron chi connectivity index (χ3n) is 5.86. The summed E-state index contributed by atoms with van der Waals surface area (Å²) in [7, 11) is 0. The number of anilines is 1. The number of nitrogens with zero attached hydrogens (tertiary/aromatic N) is 4. The van der Waals surface area contributed by atoms with Gasteiger partial charge in [-0.2, -0.15) is 5.10 Å². The maximum atomic E-state index is 13.3. The lowest BCUT2D eigenvalue weighted by atomic mass is 9.87. The van der Waals surface area contributed by atoms with Crippen LogP contribution in [-0.4, -0.2) is 58.9 Å². The van der Waals surface area contributed by atoms with Crippen molar-refractivity contribution in [3.63, 3.8) is 0 Å². The molecule has 1 fully saturated rings. The van der Waals surface area contributed by atoms with E-state index in [0.717, 1.165) is 25.3 Å². The van der Waals surface area contributed by atoms with Crippen molar-refractivity contribution in [2.75, 3.05) is 31.1 Å². The summed E-state index contributed by atoms with van der Waals surface area (Å²) in [4.78, 5) is 17.5. The van der Waals surface area contributed by atoms with Crippen molar-refractivity contribution in [3.8, 4) is 0 Å². The quantitative estimate of drug-likeness (QED) is 0.798. The smallest absolute Gasteiger partial charge is 0.241 e. The molecule has 1 aromatic carbocycles. The fourth-order valence-corrected chi connectivity index (χ4v) is 4.54. The lowest BCUT2D eigenvalue weighted by molar-refractivity contribution is -0.120. The number of rotatable bonds is 4. The second-order valence-electron chi connectivity index (χ2n) is 8.65. The molecule has 158 valence electrons. The fraction of sp³-hybridized carbons (Fsp3) is 0.524. The number of carbonyl (C=O) groups excluding carboxylic acids is 1. The van der Waals surface area contributed by atoms with E-state index in [1.54, 1.807) is 6.20 Å². The van der Waals surface area contributed by atoms with Gasteiger partial charge in [0.15, 0.2) is 0 Å². The van der Waals surface area contributed by atoms with Crippen LogP contribution in [0.5, 0.6) is 0 Å². The number of piperazine rings is 1. The molecule has 3 heterocycles. The predicted octanol–water partition coefficient (Wildman–Crippen LogP) is 2.95. The molecule has 1 aromatic heterocycles. The van der Waals surface area contributed by atoms with E-state index in [4.69, 9.17) is 11.6 Å². The Bertz CT molecular complexity index is 855. The van der Waals surface area contributed by atoms with Crippen LogP contribution < -0.4 is 10.2 Å². The van der Waals surface area contributed by atoms with Crippen molar-refractivity contribution in [2.24, 2.45) is 0 Å². The molecule has 0 spiro atoms. The number of benzene rings is 1. The van der Waals surface area contributed by atoms with Gasteiger partial charge in [0.25, 0.3) is 0 Å². The third-order valence-corrected chi connectivity index (χ3v) is 6.09. The van der Waals surface area contributed by atoms with Gasteiger partial charge in [-0.1, -0.05) is 31.5 Å². The molecule has 2 atom stereocenters. The summed E-state index contributed by atoms with van der Waals surface area (Å²) in [6, 6.07) is 8.41. The molecule has 1 saturated heterocycles. The average molecular weight is 438 g/mol. The largest absolute Gasteiger partial charge is 0.311 e. The number of hydrogen-bond acceptors (Lipinski definition) is 4. The van der Waals surface area contributed by atoms with Gasteiger partial charge in [0.1, 0.15) is 0 Å². The van der Waals surface area contributed by atoms with Crippen LogP contribution in [0.3, 0.4) is 0 Å². The highest BCUT2D eigenvalue weighted by molar-refractivity contribution is 6.31. The third kappa shape index (κ3) is 4.61. The van der Waals surface area contributed by atoms with E-state index in [0.29, 0.717) is 24.2 Å². The van der Waals surface area contributed by atoms with Crippen molar-refractivity contribution < 1.29 is 4.79 Å². The highest BCUT2D eigenvalue weighted by Gasteiger charge is 2.39. The molecule has 1 amide bonds. The molecular formula is C21H29Cl2N5O. The SMILES string of the molecule is C[C@@H]1CN(CC(=O)N2CC(C)(C)c3ccc(Cl)cc32)[C@@H](Cn2cccn2)CN1.Cl. The van der Waals surface area contributed by atoms with Gasteiger partial charge in [-0.25, -0.2) is 0 Å². The van der Waals surface area contributed by atoms with Gasteiger partial charge >= 0.3 is 0 Å². The standard InChI is InChI=1S/C21H28ClN5O.ClH/c1-15-11-25(17(10-23-15)12-26-8-4-7-24-26)13-20(28)27-14-21(2,3)18-6-5-16(22)9-19(18)27;/h4-9,15,17,23H,10-14H2,1-3H3;1H/t15-,17-;/m1./s1. The highest BCUT2D eigenvalue weighted by atomic mass is 35.5. The first kappa shape index (κ1) is 22.1. The summed E-state index contributed by atoms with van der Waals surface area (Å²) in [6.07, 6.45) is 3.76. The Morgan fingerprint density at radius 3 is 2.90 bits per heavy atom.